The third-order valence-electron chi connectivity index (χ3n) is 4.59. The van der Waals surface area contributed by atoms with E-state index >= 15 is 0 Å². The number of nitrogens with zero attached hydrogens (tertiary/aromatic N) is 2. The molecule has 1 heterocycles. The number of para-hydroxylation sites is 1. The lowest BCUT2D eigenvalue weighted by atomic mass is 10.1. The molecule has 2 aromatic rings. The third kappa shape index (κ3) is 4.96. The first-order valence-electron chi connectivity index (χ1n) is 9.25. The van der Waals surface area contributed by atoms with Crippen LogP contribution in [0.4, 0.5) is 15.8 Å². The van der Waals surface area contributed by atoms with E-state index in [9.17, 15) is 14.0 Å². The van der Waals surface area contributed by atoms with Gasteiger partial charge in [0.25, 0.3) is 5.91 Å². The summed E-state index contributed by atoms with van der Waals surface area (Å²) in [4.78, 5) is 28.8. The molecule has 0 aliphatic carbocycles. The Balaban J connectivity index is 1.79. The molecule has 0 radical (unpaired) electrons. The van der Waals surface area contributed by atoms with Crippen LogP contribution in [0.1, 0.15) is 12.8 Å². The average Bonchev–Trinajstić information content (AvgIpc) is 2.94. The smallest absolute Gasteiger partial charge is 0.256 e. The molecule has 0 spiro atoms. The van der Waals surface area contributed by atoms with Crippen molar-refractivity contribution in [3.05, 3.63) is 60.4 Å². The average molecular weight is 415 g/mol. The minimum Gasteiger partial charge on any atom is -0.385 e. The molecule has 1 aliphatic heterocycles. The van der Waals surface area contributed by atoms with Crippen molar-refractivity contribution in [2.75, 3.05) is 30.5 Å². The highest BCUT2D eigenvalue weighted by molar-refractivity contribution is 7.80. The van der Waals surface area contributed by atoms with Crippen LogP contribution < -0.4 is 10.2 Å². The normalized spacial score (nSPS) is 16.4. The fourth-order valence-corrected chi connectivity index (χ4v) is 3.62. The van der Waals surface area contributed by atoms with Crippen LogP contribution >= 0.6 is 12.2 Å². The molecule has 2 amide bonds. The number of carbonyl (C=O) groups excluding carboxylic acids is 2. The lowest BCUT2D eigenvalue weighted by Gasteiger charge is -2.23. The van der Waals surface area contributed by atoms with Crippen LogP contribution in [-0.2, 0) is 14.3 Å². The van der Waals surface area contributed by atoms with Crippen molar-refractivity contribution >= 4 is 40.5 Å². The van der Waals surface area contributed by atoms with Crippen molar-refractivity contribution in [1.82, 2.24) is 4.90 Å². The van der Waals surface area contributed by atoms with E-state index in [1.54, 1.807) is 24.1 Å². The zero-order valence-electron chi connectivity index (χ0n) is 16.0. The summed E-state index contributed by atoms with van der Waals surface area (Å²) in [7, 11) is 1.60. The maximum absolute atomic E-state index is 13.3. The van der Waals surface area contributed by atoms with Crippen LogP contribution in [0.2, 0.25) is 0 Å². The fourth-order valence-electron chi connectivity index (χ4n) is 3.20. The summed E-state index contributed by atoms with van der Waals surface area (Å²) in [6.07, 6.45) is 0.608. The Labute approximate surface area is 174 Å². The first-order chi connectivity index (χ1) is 14.0. The molecule has 0 bridgehead atoms. The maximum atomic E-state index is 13.3. The van der Waals surface area contributed by atoms with E-state index in [1.165, 1.54) is 29.2 Å². The van der Waals surface area contributed by atoms with Crippen LogP contribution in [0.15, 0.2) is 54.6 Å². The van der Waals surface area contributed by atoms with Crippen LogP contribution in [0.3, 0.4) is 0 Å². The minimum atomic E-state index is -0.729. The molecule has 1 atom stereocenters. The molecular formula is C21H22FN3O3S. The Hall–Kier alpha value is -2.84. The molecule has 8 heteroatoms. The second-order valence-electron chi connectivity index (χ2n) is 6.61. The summed E-state index contributed by atoms with van der Waals surface area (Å²) in [6.45, 7) is 0.978. The van der Waals surface area contributed by atoms with E-state index in [-0.39, 0.29) is 18.2 Å². The van der Waals surface area contributed by atoms with Gasteiger partial charge in [-0.1, -0.05) is 18.2 Å². The maximum Gasteiger partial charge on any atom is 0.256 e. The van der Waals surface area contributed by atoms with Gasteiger partial charge in [-0.05, 0) is 55.0 Å². The van der Waals surface area contributed by atoms with Gasteiger partial charge >= 0.3 is 0 Å². The standard InChI is InChI=1S/C21H22FN3O3S/c1-28-13-5-12-24-18(14-19(26)23-16-6-3-2-4-7-16)20(27)25(21(24)29)17-10-8-15(22)9-11-17/h2-4,6-11,18H,5,12-14H2,1H3,(H,23,26)/t18-/m1/s1. The number of thiocarbonyl (C=S) groups is 1. The number of carbonyl (C=O) groups is 2. The van der Waals surface area contributed by atoms with Gasteiger partial charge in [-0.2, -0.15) is 0 Å². The molecule has 152 valence electrons. The van der Waals surface area contributed by atoms with Crippen molar-refractivity contribution in [3.63, 3.8) is 0 Å². The predicted molar refractivity (Wildman–Crippen MR) is 113 cm³/mol. The van der Waals surface area contributed by atoms with E-state index in [1.807, 2.05) is 18.2 Å². The zero-order valence-corrected chi connectivity index (χ0v) is 16.8. The molecule has 1 saturated heterocycles. The van der Waals surface area contributed by atoms with Crippen molar-refractivity contribution in [1.29, 1.82) is 0 Å². The number of hydrogen-bond donors (Lipinski definition) is 1. The predicted octanol–water partition coefficient (Wildman–Crippen LogP) is 3.19. The first kappa shape index (κ1) is 20.9. The fraction of sp³-hybridized carbons (Fsp3) is 0.286. The van der Waals surface area contributed by atoms with Crippen LogP contribution in [0, 0.1) is 5.82 Å². The van der Waals surface area contributed by atoms with Gasteiger partial charge in [0.1, 0.15) is 11.9 Å². The van der Waals surface area contributed by atoms with Crippen LogP contribution in [0.25, 0.3) is 0 Å². The molecule has 1 aliphatic rings. The Morgan fingerprint density at radius 3 is 2.52 bits per heavy atom. The zero-order chi connectivity index (χ0) is 20.8. The van der Waals surface area contributed by atoms with Crippen LogP contribution in [-0.4, -0.2) is 48.1 Å². The van der Waals surface area contributed by atoms with Crippen molar-refractivity contribution < 1.29 is 18.7 Å². The van der Waals surface area contributed by atoms with E-state index in [4.69, 9.17) is 17.0 Å². The molecular weight excluding hydrogens is 393 g/mol. The topological polar surface area (TPSA) is 61.9 Å². The Kier molecular flexibility index (Phi) is 6.90. The van der Waals surface area contributed by atoms with E-state index in [0.717, 1.165) is 0 Å². The summed E-state index contributed by atoms with van der Waals surface area (Å²) in [5.41, 5.74) is 1.14. The third-order valence-corrected chi connectivity index (χ3v) is 5.00. The van der Waals surface area contributed by atoms with E-state index < -0.39 is 11.9 Å². The molecule has 2 aromatic carbocycles. The number of hydrogen-bond acceptors (Lipinski definition) is 4. The van der Waals surface area contributed by atoms with Crippen molar-refractivity contribution in [3.8, 4) is 0 Å². The molecule has 0 aromatic heterocycles. The molecule has 1 N–H and O–H groups in total. The summed E-state index contributed by atoms with van der Waals surface area (Å²) in [5, 5.41) is 3.10. The number of anilines is 2. The number of nitrogens with one attached hydrogen (secondary N) is 1. The van der Waals surface area contributed by atoms with Gasteiger partial charge in [0, 0.05) is 25.9 Å². The summed E-state index contributed by atoms with van der Waals surface area (Å²) in [5.74, 6) is -0.987. The number of benzene rings is 2. The van der Waals surface area contributed by atoms with Gasteiger partial charge in [-0.25, -0.2) is 4.39 Å². The Bertz CT molecular complexity index is 876. The molecule has 3 rings (SSSR count). The molecule has 6 nitrogen and oxygen atoms in total. The van der Waals surface area contributed by atoms with Crippen molar-refractivity contribution in [2.24, 2.45) is 0 Å². The highest BCUT2D eigenvalue weighted by Crippen LogP contribution is 2.27. The number of ether oxygens (including phenoxy) is 1. The summed E-state index contributed by atoms with van der Waals surface area (Å²) in [6, 6.07) is 13.9. The molecule has 0 saturated carbocycles. The molecule has 1 fully saturated rings. The Morgan fingerprint density at radius 1 is 1.17 bits per heavy atom. The van der Waals surface area contributed by atoms with Gasteiger partial charge in [0.2, 0.25) is 5.91 Å². The second kappa shape index (κ2) is 9.58. The van der Waals surface area contributed by atoms with Gasteiger partial charge in [0.05, 0.1) is 12.1 Å². The van der Waals surface area contributed by atoms with Gasteiger partial charge in [-0.3, -0.25) is 14.5 Å². The Morgan fingerprint density at radius 2 is 1.86 bits per heavy atom. The number of amides is 2. The number of methoxy groups -OCH3 is 1. The molecule has 0 unspecified atom stereocenters. The lowest BCUT2D eigenvalue weighted by Crippen LogP contribution is -2.38. The summed E-state index contributed by atoms with van der Waals surface area (Å²) < 4.78 is 18.4. The van der Waals surface area contributed by atoms with Crippen molar-refractivity contribution in [2.45, 2.75) is 18.9 Å². The second-order valence-corrected chi connectivity index (χ2v) is 6.97. The first-order valence-corrected chi connectivity index (χ1v) is 9.66. The number of rotatable bonds is 8. The van der Waals surface area contributed by atoms with Crippen LogP contribution in [0.5, 0.6) is 0 Å². The highest BCUT2D eigenvalue weighted by atomic mass is 32.1. The largest absolute Gasteiger partial charge is 0.385 e. The van der Waals surface area contributed by atoms with Gasteiger partial charge in [-0.15, -0.1) is 0 Å². The molecule has 29 heavy (non-hydrogen) atoms. The minimum absolute atomic E-state index is 0.0431. The number of halogens is 1. The van der Waals surface area contributed by atoms with Gasteiger partial charge in [0.15, 0.2) is 5.11 Å². The monoisotopic (exact) mass is 415 g/mol. The SMILES string of the molecule is COCCCN1C(=S)N(c2ccc(F)cc2)C(=O)[C@H]1CC(=O)Nc1ccccc1. The van der Waals surface area contributed by atoms with Gasteiger partial charge < -0.3 is 15.0 Å². The quantitative estimate of drug-likeness (QED) is 0.530. The summed E-state index contributed by atoms with van der Waals surface area (Å²) >= 11 is 5.53. The van der Waals surface area contributed by atoms with E-state index in [2.05, 4.69) is 5.32 Å². The van der Waals surface area contributed by atoms with E-state index in [0.29, 0.717) is 36.1 Å². The lowest BCUT2D eigenvalue weighted by molar-refractivity contribution is -0.124. The highest BCUT2D eigenvalue weighted by Gasteiger charge is 2.43.